The van der Waals surface area contributed by atoms with E-state index in [2.05, 4.69) is 11.4 Å². The average molecular weight is 252 g/mol. The number of ether oxygens (including phenoxy) is 1. The average Bonchev–Trinajstić information content (AvgIpc) is 2.03. The summed E-state index contributed by atoms with van der Waals surface area (Å²) in [7, 11) is 0. The van der Waals surface area contributed by atoms with E-state index in [9.17, 15) is 4.79 Å². The van der Waals surface area contributed by atoms with E-state index in [1.165, 1.54) is 0 Å². The van der Waals surface area contributed by atoms with Crippen LogP contribution in [0.25, 0.3) is 0 Å². The molecule has 1 aliphatic rings. The molecule has 2 rings (SSSR count). The van der Waals surface area contributed by atoms with Crippen LogP contribution in [0.3, 0.4) is 0 Å². The molecule has 1 radical (unpaired) electrons. The number of carbonyl (C=O) groups is 1. The van der Waals surface area contributed by atoms with Gasteiger partial charge in [0, 0.05) is 38.5 Å². The number of carbonyl (C=O) groups excluding carboxylic acids is 1. The molecular weight excluding hydrogens is 245 g/mol. The summed E-state index contributed by atoms with van der Waals surface area (Å²) >= 11 is 0. The Bertz CT molecular complexity index is 341. The van der Waals surface area contributed by atoms with E-state index in [0.29, 0.717) is 17.1 Å². The summed E-state index contributed by atoms with van der Waals surface area (Å²) in [5.41, 5.74) is 6.56. The molecule has 0 fully saturated rings. The molecule has 1 aromatic rings. The van der Waals surface area contributed by atoms with Gasteiger partial charge in [-0.1, -0.05) is 5.69 Å². The molecule has 0 aliphatic carbocycles. The zero-order valence-corrected chi connectivity index (χ0v) is 9.67. The second kappa shape index (κ2) is 4.07. The quantitative estimate of drug-likeness (QED) is 0.518. The van der Waals surface area contributed by atoms with Gasteiger partial charge >= 0.3 is 0 Å². The minimum atomic E-state index is -0.159. The van der Waals surface area contributed by atoms with Gasteiger partial charge in [0.05, 0.1) is 0 Å². The predicted octanol–water partition coefficient (Wildman–Crippen LogP) is 0.397. The fraction of sp³-hybridized carbons (Fsp3) is 0.125. The Morgan fingerprint density at radius 3 is 3.15 bits per heavy atom. The Labute approximate surface area is 101 Å². The van der Waals surface area contributed by atoms with Crippen LogP contribution in [0.4, 0.5) is 11.4 Å². The number of nitrogens with two attached hydrogens (primary N) is 1. The minimum Gasteiger partial charge on any atom is -0.540 e. The molecule has 5 heteroatoms. The van der Waals surface area contributed by atoms with Crippen molar-refractivity contribution in [3.63, 3.8) is 0 Å². The molecule has 0 unspecified atom stereocenters. The Morgan fingerprint density at radius 2 is 2.38 bits per heavy atom. The van der Waals surface area contributed by atoms with Crippen LogP contribution in [0.1, 0.15) is 0 Å². The standard InChI is InChI=1S/C8H7N2O2.Y/c9-5-1-2-7-6(3-5)10-8(11)4-12-7;/h2-3H,4,9H2,(H,10,11);/q-1;. The number of benzene rings is 1. The maximum absolute atomic E-state index is 10.8. The van der Waals surface area contributed by atoms with Gasteiger partial charge in [-0.3, -0.25) is 4.79 Å². The third kappa shape index (κ3) is 2.20. The second-order valence-electron chi connectivity index (χ2n) is 2.50. The van der Waals surface area contributed by atoms with Crippen LogP contribution >= 0.6 is 0 Å². The first-order chi connectivity index (χ1) is 5.75. The summed E-state index contributed by atoms with van der Waals surface area (Å²) in [5.74, 6) is 0.455. The van der Waals surface area contributed by atoms with Crippen molar-refractivity contribution in [2.24, 2.45) is 0 Å². The van der Waals surface area contributed by atoms with Crippen molar-refractivity contribution in [1.29, 1.82) is 0 Å². The molecule has 3 N–H and O–H groups in total. The van der Waals surface area contributed by atoms with Gasteiger partial charge < -0.3 is 15.8 Å². The summed E-state index contributed by atoms with van der Waals surface area (Å²) in [5, 5.41) is 2.64. The molecule has 0 bridgehead atoms. The van der Waals surface area contributed by atoms with Gasteiger partial charge in [-0.2, -0.15) is 6.07 Å². The van der Waals surface area contributed by atoms with Gasteiger partial charge in [-0.25, -0.2) is 0 Å². The summed E-state index contributed by atoms with van der Waals surface area (Å²) in [6.07, 6.45) is 0. The number of hydrogen-bond acceptors (Lipinski definition) is 3. The monoisotopic (exact) mass is 252 g/mol. The van der Waals surface area contributed by atoms with Crippen LogP contribution in [-0.2, 0) is 37.5 Å². The predicted molar refractivity (Wildman–Crippen MR) is 43.8 cm³/mol. The van der Waals surface area contributed by atoms with E-state index >= 15 is 0 Å². The SMILES string of the molecule is Nc1[c-]cc2c(c1)NC(=O)CO2.[Y]. The largest absolute Gasteiger partial charge is 0.540 e. The molecule has 65 valence electrons. The minimum absolute atomic E-state index is 0. The van der Waals surface area contributed by atoms with Crippen molar-refractivity contribution >= 4 is 17.3 Å². The van der Waals surface area contributed by atoms with Crippen LogP contribution in [0, 0.1) is 6.07 Å². The number of hydrogen-bond donors (Lipinski definition) is 2. The van der Waals surface area contributed by atoms with E-state index in [1.807, 2.05) is 0 Å². The van der Waals surface area contributed by atoms with E-state index in [-0.39, 0.29) is 45.2 Å². The van der Waals surface area contributed by atoms with Crippen molar-refractivity contribution in [2.45, 2.75) is 0 Å². The maximum atomic E-state index is 10.8. The number of amides is 1. The zero-order chi connectivity index (χ0) is 8.55. The number of fused-ring (bicyclic) bond motifs is 1. The van der Waals surface area contributed by atoms with Gasteiger partial charge in [0.25, 0.3) is 5.91 Å². The number of nitrogens with one attached hydrogen (secondary N) is 1. The molecule has 13 heavy (non-hydrogen) atoms. The van der Waals surface area contributed by atoms with Crippen molar-refractivity contribution in [3.05, 3.63) is 18.2 Å². The second-order valence-corrected chi connectivity index (χ2v) is 2.50. The van der Waals surface area contributed by atoms with E-state index in [4.69, 9.17) is 10.5 Å². The van der Waals surface area contributed by atoms with Gasteiger partial charge in [0.15, 0.2) is 6.61 Å². The molecule has 0 atom stereocenters. The first-order valence-electron chi connectivity index (χ1n) is 3.49. The first kappa shape index (κ1) is 10.5. The van der Waals surface area contributed by atoms with Crippen molar-refractivity contribution in [2.75, 3.05) is 17.7 Å². The van der Waals surface area contributed by atoms with Gasteiger partial charge in [-0.05, 0) is 5.69 Å². The summed E-state index contributed by atoms with van der Waals surface area (Å²) in [6, 6.07) is 6.01. The topological polar surface area (TPSA) is 64.3 Å². The van der Waals surface area contributed by atoms with Crippen LogP contribution < -0.4 is 15.8 Å². The summed E-state index contributed by atoms with van der Waals surface area (Å²) in [4.78, 5) is 10.8. The summed E-state index contributed by atoms with van der Waals surface area (Å²) in [6.45, 7) is 0.0603. The molecule has 0 aromatic heterocycles. The molecule has 0 saturated heterocycles. The number of anilines is 2. The molecule has 1 aliphatic heterocycles. The number of nitrogen functional groups attached to an aromatic ring is 1. The van der Waals surface area contributed by atoms with E-state index < -0.39 is 0 Å². The van der Waals surface area contributed by atoms with Crippen LogP contribution in [-0.4, -0.2) is 12.5 Å². The Balaban J connectivity index is 0.000000845. The normalized spacial score (nSPS) is 13.4. The molecule has 1 heterocycles. The summed E-state index contributed by atoms with van der Waals surface area (Å²) < 4.78 is 5.09. The van der Waals surface area contributed by atoms with Crippen molar-refractivity contribution in [1.82, 2.24) is 0 Å². The van der Waals surface area contributed by atoms with Crippen LogP contribution in [0.5, 0.6) is 5.75 Å². The molecular formula is C8H7N2O2Y-. The fourth-order valence-electron chi connectivity index (χ4n) is 1.04. The third-order valence-electron chi connectivity index (χ3n) is 1.57. The van der Waals surface area contributed by atoms with Crippen LogP contribution in [0.2, 0.25) is 0 Å². The maximum Gasteiger partial charge on any atom is 0.259 e. The smallest absolute Gasteiger partial charge is 0.259 e. The Hall–Kier alpha value is -0.606. The number of rotatable bonds is 0. The third-order valence-corrected chi connectivity index (χ3v) is 1.57. The first-order valence-corrected chi connectivity index (χ1v) is 3.49. The zero-order valence-electron chi connectivity index (χ0n) is 6.83. The molecule has 1 amide bonds. The molecule has 0 spiro atoms. The Kier molecular flexibility index (Phi) is 3.28. The van der Waals surface area contributed by atoms with Gasteiger partial charge in [-0.15, -0.1) is 12.1 Å². The molecule has 1 aromatic carbocycles. The van der Waals surface area contributed by atoms with Crippen molar-refractivity contribution < 1.29 is 42.2 Å². The van der Waals surface area contributed by atoms with Gasteiger partial charge in [0.1, 0.15) is 0 Å². The molecule has 0 saturated carbocycles. The molecule has 4 nitrogen and oxygen atoms in total. The van der Waals surface area contributed by atoms with E-state index in [0.717, 1.165) is 0 Å². The Morgan fingerprint density at radius 1 is 1.62 bits per heavy atom. The van der Waals surface area contributed by atoms with Crippen molar-refractivity contribution in [3.8, 4) is 5.75 Å². The fourth-order valence-corrected chi connectivity index (χ4v) is 1.04. The van der Waals surface area contributed by atoms with Gasteiger partial charge in [0.2, 0.25) is 0 Å². The van der Waals surface area contributed by atoms with E-state index in [1.54, 1.807) is 12.1 Å². The van der Waals surface area contributed by atoms with Crippen LogP contribution in [0.15, 0.2) is 12.1 Å².